The molecule has 0 radical (unpaired) electrons. The van der Waals surface area contributed by atoms with E-state index in [9.17, 15) is 5.26 Å². The highest BCUT2D eigenvalue weighted by Gasteiger charge is 2.33. The maximum atomic E-state index is 10.3. The summed E-state index contributed by atoms with van der Waals surface area (Å²) in [6, 6.07) is 34.2. The average Bonchev–Trinajstić information content (AvgIpc) is 3.36. The minimum atomic E-state index is -0.00244. The van der Waals surface area contributed by atoms with Crippen LogP contribution < -0.4 is 9.47 Å². The molecule has 6 aromatic rings. The van der Waals surface area contributed by atoms with E-state index in [4.69, 9.17) is 4.42 Å². The van der Waals surface area contributed by atoms with Gasteiger partial charge in [-0.15, -0.1) is 0 Å². The molecule has 0 atom stereocenters. The molecule has 200 valence electrons. The number of furan rings is 1. The second kappa shape index (κ2) is 9.35. The predicted molar refractivity (Wildman–Crippen MR) is 166 cm³/mol. The van der Waals surface area contributed by atoms with Crippen molar-refractivity contribution >= 4 is 33.3 Å². The first-order chi connectivity index (χ1) is 19.9. The maximum absolute atomic E-state index is 10.3. The van der Waals surface area contributed by atoms with Crippen LogP contribution in [0.1, 0.15) is 37.0 Å². The molecule has 0 saturated heterocycles. The van der Waals surface area contributed by atoms with Crippen LogP contribution in [0.25, 0.3) is 44.3 Å². The minimum absolute atomic E-state index is 0.00244. The lowest BCUT2D eigenvalue weighted by Gasteiger charge is -2.40. The van der Waals surface area contributed by atoms with E-state index in [1.165, 1.54) is 16.9 Å². The van der Waals surface area contributed by atoms with E-state index in [1.54, 1.807) is 0 Å². The number of anilines is 2. The fourth-order valence-electron chi connectivity index (χ4n) is 6.47. The Labute approximate surface area is 240 Å². The molecule has 0 bridgehead atoms. The van der Waals surface area contributed by atoms with E-state index in [0.717, 1.165) is 62.9 Å². The quantitative estimate of drug-likeness (QED) is 0.213. The maximum Gasteiger partial charge on any atom is 0.216 e. The molecule has 7 rings (SSSR count). The first-order valence-electron chi connectivity index (χ1n) is 14.2. The molecule has 4 nitrogen and oxygen atoms in total. The number of fused-ring (bicyclic) bond motifs is 4. The summed E-state index contributed by atoms with van der Waals surface area (Å²) in [5.74, 6) is 0. The summed E-state index contributed by atoms with van der Waals surface area (Å²) < 4.78 is 8.94. The Bertz CT molecular complexity index is 2010. The number of aromatic nitrogens is 1. The van der Waals surface area contributed by atoms with Crippen molar-refractivity contribution in [2.75, 3.05) is 11.4 Å². The molecule has 1 aliphatic heterocycles. The second-order valence-electron chi connectivity index (χ2n) is 11.8. The molecule has 2 aromatic heterocycles. The van der Waals surface area contributed by atoms with Crippen LogP contribution in [0.3, 0.4) is 0 Å². The van der Waals surface area contributed by atoms with Gasteiger partial charge in [0, 0.05) is 46.4 Å². The molecule has 0 saturated carbocycles. The molecule has 0 aliphatic carbocycles. The van der Waals surface area contributed by atoms with Crippen LogP contribution in [0, 0.1) is 18.3 Å². The molecular formula is C37H32N3O+. The Morgan fingerprint density at radius 1 is 0.854 bits per heavy atom. The minimum Gasteiger partial charge on any atom is -0.454 e. The molecule has 0 unspecified atom stereocenters. The zero-order valence-corrected chi connectivity index (χ0v) is 23.9. The third-order valence-electron chi connectivity index (χ3n) is 8.78. The normalized spacial score (nSPS) is 14.3. The van der Waals surface area contributed by atoms with Gasteiger partial charge in [-0.3, -0.25) is 0 Å². The number of nitriles is 1. The van der Waals surface area contributed by atoms with Gasteiger partial charge >= 0.3 is 0 Å². The third-order valence-corrected chi connectivity index (χ3v) is 8.78. The number of pyridine rings is 1. The van der Waals surface area contributed by atoms with E-state index in [0.29, 0.717) is 5.56 Å². The van der Waals surface area contributed by atoms with Gasteiger partial charge in [-0.1, -0.05) is 50.2 Å². The van der Waals surface area contributed by atoms with E-state index in [2.05, 4.69) is 122 Å². The van der Waals surface area contributed by atoms with E-state index in [1.807, 2.05) is 18.2 Å². The molecule has 4 heteroatoms. The third kappa shape index (κ3) is 3.92. The number of nitrogens with zero attached hydrogens (tertiary/aromatic N) is 3. The molecule has 3 heterocycles. The van der Waals surface area contributed by atoms with Crippen LogP contribution in [0.15, 0.2) is 102 Å². The summed E-state index contributed by atoms with van der Waals surface area (Å²) in [6.45, 7) is 7.73. The van der Waals surface area contributed by atoms with Crippen LogP contribution in [0.5, 0.6) is 0 Å². The lowest BCUT2D eigenvalue weighted by Crippen LogP contribution is -2.34. The van der Waals surface area contributed by atoms with Crippen LogP contribution >= 0.6 is 0 Å². The summed E-state index contributed by atoms with van der Waals surface area (Å²) >= 11 is 0. The largest absolute Gasteiger partial charge is 0.454 e. The monoisotopic (exact) mass is 534 g/mol. The van der Waals surface area contributed by atoms with E-state index in [-0.39, 0.29) is 5.41 Å². The standard InChI is InChI=1S/C37H32N3O/c1-24-13-16-28-29-17-14-26(23-38)34(36(29)41-35(28)33(24)32-12-8-9-20-39(32)4)25-15-18-31-30(22-25)37(2,3)19-21-40(31)27-10-6-5-7-11-27/h5-18,20,22H,19,21H2,1-4H3/q+1. The SMILES string of the molecule is Cc1ccc2c(oc3c(-c4ccc5c(c4)C(C)(C)CCN5c4ccccc4)c(C#N)ccc32)c1-c1cccc[n+]1C. The fourth-order valence-corrected chi connectivity index (χ4v) is 6.47. The van der Waals surface area contributed by atoms with Crippen molar-refractivity contribution in [1.29, 1.82) is 5.26 Å². The average molecular weight is 535 g/mol. The number of hydrogen-bond donors (Lipinski definition) is 0. The van der Waals surface area contributed by atoms with Crippen molar-refractivity contribution in [3.8, 4) is 28.5 Å². The van der Waals surface area contributed by atoms with Crippen LogP contribution in [-0.2, 0) is 12.5 Å². The summed E-state index contributed by atoms with van der Waals surface area (Å²) in [7, 11) is 2.06. The van der Waals surface area contributed by atoms with E-state index >= 15 is 0 Å². The van der Waals surface area contributed by atoms with Gasteiger partial charge in [-0.25, -0.2) is 4.57 Å². The molecule has 0 spiro atoms. The zero-order chi connectivity index (χ0) is 28.3. The first kappa shape index (κ1) is 25.1. The van der Waals surface area contributed by atoms with Crippen molar-refractivity contribution in [1.82, 2.24) is 0 Å². The van der Waals surface area contributed by atoms with Crippen molar-refractivity contribution in [2.24, 2.45) is 7.05 Å². The Kier molecular flexibility index (Phi) is 5.73. The van der Waals surface area contributed by atoms with Gasteiger partial charge in [-0.2, -0.15) is 5.26 Å². The fraction of sp³-hybridized carbons (Fsp3) is 0.189. The van der Waals surface area contributed by atoms with Gasteiger partial charge in [-0.05, 0) is 77.9 Å². The van der Waals surface area contributed by atoms with Gasteiger partial charge in [0.2, 0.25) is 5.69 Å². The van der Waals surface area contributed by atoms with Crippen LogP contribution in [-0.4, -0.2) is 6.54 Å². The van der Waals surface area contributed by atoms with Gasteiger partial charge in [0.15, 0.2) is 6.20 Å². The van der Waals surface area contributed by atoms with Gasteiger partial charge < -0.3 is 9.32 Å². The predicted octanol–water partition coefficient (Wildman–Crippen LogP) is 8.74. The molecule has 4 aromatic carbocycles. The number of aryl methyl sites for hydroxylation is 2. The number of hydrogen-bond acceptors (Lipinski definition) is 3. The van der Waals surface area contributed by atoms with Crippen molar-refractivity contribution in [3.05, 3.63) is 114 Å². The van der Waals surface area contributed by atoms with Gasteiger partial charge in [0.1, 0.15) is 18.2 Å². The van der Waals surface area contributed by atoms with Crippen molar-refractivity contribution in [2.45, 2.75) is 32.6 Å². The first-order valence-corrected chi connectivity index (χ1v) is 14.2. The molecule has 0 fully saturated rings. The lowest BCUT2D eigenvalue weighted by molar-refractivity contribution is -0.660. The smallest absolute Gasteiger partial charge is 0.216 e. The zero-order valence-electron chi connectivity index (χ0n) is 23.9. The van der Waals surface area contributed by atoms with Crippen LogP contribution in [0.2, 0.25) is 0 Å². The Morgan fingerprint density at radius 3 is 2.34 bits per heavy atom. The van der Waals surface area contributed by atoms with Crippen LogP contribution in [0.4, 0.5) is 11.4 Å². The number of benzene rings is 4. The number of rotatable bonds is 3. The molecule has 0 N–H and O–H groups in total. The van der Waals surface area contributed by atoms with Crippen molar-refractivity contribution < 1.29 is 8.98 Å². The molecular weight excluding hydrogens is 502 g/mol. The molecule has 0 amide bonds. The molecule has 41 heavy (non-hydrogen) atoms. The Morgan fingerprint density at radius 2 is 1.59 bits per heavy atom. The summed E-state index contributed by atoms with van der Waals surface area (Å²) in [5.41, 5.74) is 11.1. The second-order valence-corrected chi connectivity index (χ2v) is 11.8. The summed E-state index contributed by atoms with van der Waals surface area (Å²) in [5, 5.41) is 12.3. The Balaban J connectivity index is 1.49. The van der Waals surface area contributed by atoms with Gasteiger partial charge in [0.25, 0.3) is 0 Å². The van der Waals surface area contributed by atoms with E-state index < -0.39 is 0 Å². The summed E-state index contributed by atoms with van der Waals surface area (Å²) in [6.07, 6.45) is 3.10. The number of para-hydroxylation sites is 1. The van der Waals surface area contributed by atoms with Gasteiger partial charge in [0.05, 0.1) is 17.2 Å². The Hall–Kier alpha value is -4.88. The topological polar surface area (TPSA) is 44.1 Å². The highest BCUT2D eigenvalue weighted by molar-refractivity contribution is 6.14. The molecule has 1 aliphatic rings. The highest BCUT2D eigenvalue weighted by Crippen LogP contribution is 2.47. The lowest BCUT2D eigenvalue weighted by atomic mass is 9.76. The van der Waals surface area contributed by atoms with Crippen molar-refractivity contribution in [3.63, 3.8) is 0 Å². The summed E-state index contributed by atoms with van der Waals surface area (Å²) in [4.78, 5) is 2.41. The highest BCUT2D eigenvalue weighted by atomic mass is 16.3.